The summed E-state index contributed by atoms with van der Waals surface area (Å²) in [5, 5.41) is 4.05. The van der Waals surface area contributed by atoms with Gasteiger partial charge in [0.05, 0.1) is 5.75 Å². The third-order valence-corrected chi connectivity index (χ3v) is 6.33. The number of nitrogens with two attached hydrogens (primary N) is 1. The third kappa shape index (κ3) is 5.29. The molecule has 0 aliphatic heterocycles. The summed E-state index contributed by atoms with van der Waals surface area (Å²) in [4.78, 5) is 12.3. The van der Waals surface area contributed by atoms with Gasteiger partial charge in [-0.1, -0.05) is 30.2 Å². The SMILES string of the molecule is Cl.NC1CC2CCCC(C1)C2NC(=O)CSCc1cccc(Cl)c1. The standard InChI is InChI=1S/C18H25ClN2OS.ClH/c19-15-6-1-3-12(7-15)10-23-11-17(22)21-18-13-4-2-5-14(18)9-16(20)8-13;/h1,3,6-7,13-14,16,18H,2,4-5,8-11,20H2,(H,21,22);1H. The largest absolute Gasteiger partial charge is 0.352 e. The lowest BCUT2D eigenvalue weighted by Crippen LogP contribution is -2.54. The van der Waals surface area contributed by atoms with E-state index in [1.807, 2.05) is 24.3 Å². The molecule has 0 spiro atoms. The average molecular weight is 389 g/mol. The van der Waals surface area contributed by atoms with Crippen LogP contribution in [0.3, 0.4) is 0 Å². The molecule has 2 saturated carbocycles. The van der Waals surface area contributed by atoms with Crippen molar-refractivity contribution in [1.82, 2.24) is 5.32 Å². The minimum absolute atomic E-state index is 0. The van der Waals surface area contributed by atoms with Crippen LogP contribution in [0.4, 0.5) is 0 Å². The smallest absolute Gasteiger partial charge is 0.230 e. The Hall–Kier alpha value is -0.420. The summed E-state index contributed by atoms with van der Waals surface area (Å²) < 4.78 is 0. The van der Waals surface area contributed by atoms with Crippen LogP contribution in [0.15, 0.2) is 24.3 Å². The lowest BCUT2D eigenvalue weighted by atomic mass is 9.67. The number of carbonyl (C=O) groups is 1. The monoisotopic (exact) mass is 388 g/mol. The van der Waals surface area contributed by atoms with Crippen molar-refractivity contribution in [2.75, 3.05) is 5.75 Å². The Morgan fingerprint density at radius 2 is 2.00 bits per heavy atom. The Morgan fingerprint density at radius 1 is 1.29 bits per heavy atom. The molecule has 0 saturated heterocycles. The van der Waals surface area contributed by atoms with E-state index >= 15 is 0 Å². The normalized spacial score (nSPS) is 28.8. The molecular weight excluding hydrogens is 363 g/mol. The van der Waals surface area contributed by atoms with Gasteiger partial charge in [-0.05, 0) is 55.2 Å². The van der Waals surface area contributed by atoms with Gasteiger partial charge in [0, 0.05) is 22.9 Å². The van der Waals surface area contributed by atoms with E-state index in [1.54, 1.807) is 11.8 Å². The first-order valence-electron chi connectivity index (χ1n) is 8.49. The summed E-state index contributed by atoms with van der Waals surface area (Å²) in [5.41, 5.74) is 7.31. The topological polar surface area (TPSA) is 55.1 Å². The van der Waals surface area contributed by atoms with Crippen LogP contribution < -0.4 is 11.1 Å². The fraction of sp³-hybridized carbons (Fsp3) is 0.611. The zero-order valence-electron chi connectivity index (χ0n) is 13.7. The first kappa shape index (κ1) is 19.9. The van der Waals surface area contributed by atoms with Gasteiger partial charge in [0.25, 0.3) is 0 Å². The fourth-order valence-corrected chi connectivity index (χ4v) is 5.14. The Bertz CT molecular complexity index is 544. The number of rotatable bonds is 5. The summed E-state index contributed by atoms with van der Waals surface area (Å²) in [5.74, 6) is 2.65. The number of fused-ring (bicyclic) bond motifs is 2. The molecule has 3 rings (SSSR count). The van der Waals surface area contributed by atoms with Gasteiger partial charge in [0.2, 0.25) is 5.91 Å². The second-order valence-electron chi connectivity index (χ2n) is 6.90. The second kappa shape index (κ2) is 9.33. The van der Waals surface area contributed by atoms with E-state index in [0.717, 1.165) is 29.2 Å². The van der Waals surface area contributed by atoms with E-state index < -0.39 is 0 Å². The molecule has 1 aromatic rings. The number of halogens is 2. The Kier molecular flexibility index (Phi) is 7.73. The highest BCUT2D eigenvalue weighted by atomic mass is 35.5. The van der Waals surface area contributed by atoms with Crippen molar-refractivity contribution in [1.29, 1.82) is 0 Å². The van der Waals surface area contributed by atoms with Gasteiger partial charge >= 0.3 is 0 Å². The highest BCUT2D eigenvalue weighted by molar-refractivity contribution is 7.99. The van der Waals surface area contributed by atoms with Gasteiger partial charge in [-0.2, -0.15) is 0 Å². The van der Waals surface area contributed by atoms with Crippen molar-refractivity contribution in [3.05, 3.63) is 34.9 Å². The summed E-state index contributed by atoms with van der Waals surface area (Å²) in [6, 6.07) is 8.50. The van der Waals surface area contributed by atoms with Crippen LogP contribution in [0.25, 0.3) is 0 Å². The predicted molar refractivity (Wildman–Crippen MR) is 105 cm³/mol. The zero-order chi connectivity index (χ0) is 16.2. The van der Waals surface area contributed by atoms with E-state index in [2.05, 4.69) is 5.32 Å². The number of hydrogen-bond donors (Lipinski definition) is 2. The molecule has 2 unspecified atom stereocenters. The molecule has 3 N–H and O–H groups in total. The molecule has 0 radical (unpaired) electrons. The minimum Gasteiger partial charge on any atom is -0.352 e. The first-order valence-corrected chi connectivity index (χ1v) is 10.0. The lowest BCUT2D eigenvalue weighted by molar-refractivity contribution is -0.120. The Labute approximate surface area is 159 Å². The maximum absolute atomic E-state index is 12.3. The molecule has 2 fully saturated rings. The van der Waals surface area contributed by atoms with Gasteiger partial charge in [0.1, 0.15) is 0 Å². The highest BCUT2D eigenvalue weighted by Gasteiger charge is 2.39. The molecule has 3 nitrogen and oxygen atoms in total. The maximum atomic E-state index is 12.3. The van der Waals surface area contributed by atoms with E-state index in [1.165, 1.54) is 19.3 Å². The van der Waals surface area contributed by atoms with Gasteiger partial charge in [0.15, 0.2) is 0 Å². The number of carbonyl (C=O) groups excluding carboxylic acids is 1. The van der Waals surface area contributed by atoms with Crippen molar-refractivity contribution < 1.29 is 4.79 Å². The number of nitrogens with one attached hydrogen (secondary N) is 1. The number of benzene rings is 1. The molecule has 134 valence electrons. The van der Waals surface area contributed by atoms with Gasteiger partial charge in [-0.25, -0.2) is 0 Å². The fourth-order valence-electron chi connectivity index (χ4n) is 4.14. The van der Waals surface area contributed by atoms with Crippen molar-refractivity contribution in [2.45, 2.75) is 49.9 Å². The summed E-state index contributed by atoms with van der Waals surface area (Å²) in [7, 11) is 0. The van der Waals surface area contributed by atoms with Gasteiger partial charge in [-0.3, -0.25) is 4.79 Å². The quantitative estimate of drug-likeness (QED) is 0.800. The summed E-state index contributed by atoms with van der Waals surface area (Å²) >= 11 is 7.63. The van der Waals surface area contributed by atoms with Crippen molar-refractivity contribution in [2.24, 2.45) is 17.6 Å². The van der Waals surface area contributed by atoms with Crippen LogP contribution in [0.1, 0.15) is 37.7 Å². The number of amides is 1. The molecule has 1 aromatic carbocycles. The Balaban J connectivity index is 0.00000208. The molecule has 24 heavy (non-hydrogen) atoms. The minimum atomic E-state index is 0. The number of thioether (sulfide) groups is 1. The van der Waals surface area contributed by atoms with E-state index in [4.69, 9.17) is 17.3 Å². The van der Waals surface area contributed by atoms with E-state index in [-0.39, 0.29) is 18.3 Å². The van der Waals surface area contributed by atoms with Crippen LogP contribution in [-0.2, 0) is 10.5 Å². The molecule has 0 heterocycles. The second-order valence-corrected chi connectivity index (χ2v) is 8.32. The van der Waals surface area contributed by atoms with Crippen LogP contribution in [-0.4, -0.2) is 23.7 Å². The average Bonchev–Trinajstić information content (AvgIpc) is 2.48. The van der Waals surface area contributed by atoms with E-state index in [9.17, 15) is 4.79 Å². The lowest BCUT2D eigenvalue weighted by Gasteiger charge is -2.45. The molecule has 2 bridgehead atoms. The number of hydrogen-bond acceptors (Lipinski definition) is 3. The van der Waals surface area contributed by atoms with Gasteiger partial charge in [-0.15, -0.1) is 24.2 Å². The molecule has 1 amide bonds. The van der Waals surface area contributed by atoms with Crippen molar-refractivity contribution in [3.8, 4) is 0 Å². The third-order valence-electron chi connectivity index (χ3n) is 5.10. The van der Waals surface area contributed by atoms with Crippen molar-refractivity contribution in [3.63, 3.8) is 0 Å². The highest BCUT2D eigenvalue weighted by Crippen LogP contribution is 2.39. The van der Waals surface area contributed by atoms with Crippen LogP contribution in [0, 0.1) is 11.8 Å². The van der Waals surface area contributed by atoms with Crippen LogP contribution >= 0.6 is 35.8 Å². The first-order chi connectivity index (χ1) is 11.1. The molecular formula is C18H26Cl2N2OS. The summed E-state index contributed by atoms with van der Waals surface area (Å²) in [6.45, 7) is 0. The molecule has 2 atom stereocenters. The Morgan fingerprint density at radius 3 is 2.67 bits per heavy atom. The zero-order valence-corrected chi connectivity index (χ0v) is 16.1. The van der Waals surface area contributed by atoms with Crippen molar-refractivity contribution >= 4 is 41.7 Å². The molecule has 2 aliphatic carbocycles. The maximum Gasteiger partial charge on any atom is 0.230 e. The van der Waals surface area contributed by atoms with Crippen LogP contribution in [0.5, 0.6) is 0 Å². The van der Waals surface area contributed by atoms with E-state index in [0.29, 0.717) is 29.7 Å². The molecule has 2 aliphatic rings. The molecule has 0 aromatic heterocycles. The summed E-state index contributed by atoms with van der Waals surface area (Å²) in [6.07, 6.45) is 5.85. The van der Waals surface area contributed by atoms with Gasteiger partial charge < -0.3 is 11.1 Å². The van der Waals surface area contributed by atoms with Crippen LogP contribution in [0.2, 0.25) is 5.02 Å². The molecule has 6 heteroatoms. The predicted octanol–water partition coefficient (Wildman–Crippen LogP) is 4.02.